The molecule has 0 aromatic rings. The molecular formula is C8H12ClNO2. The maximum absolute atomic E-state index is 11.5. The fourth-order valence-corrected chi connectivity index (χ4v) is 1.51. The molecule has 12 heavy (non-hydrogen) atoms. The Morgan fingerprint density at radius 1 is 1.50 bits per heavy atom. The van der Waals surface area contributed by atoms with Crippen LogP contribution in [0.2, 0.25) is 0 Å². The Morgan fingerprint density at radius 2 is 2.08 bits per heavy atom. The van der Waals surface area contributed by atoms with E-state index in [0.29, 0.717) is 18.8 Å². The van der Waals surface area contributed by atoms with E-state index in [1.165, 1.54) is 4.90 Å². The van der Waals surface area contributed by atoms with Crippen LogP contribution >= 0.6 is 11.6 Å². The standard InChI is InChI=1S/C8H12ClNO2/c1-8(2)5-6(11)10(4-3-9)7(8)12/h3-5H2,1-2H3. The SMILES string of the molecule is CC1(C)CC(=O)N(CCCl)C1=O. The van der Waals surface area contributed by atoms with Crippen molar-refractivity contribution in [3.63, 3.8) is 0 Å². The number of likely N-dealkylation sites (tertiary alicyclic amines) is 1. The van der Waals surface area contributed by atoms with Crippen molar-refractivity contribution in [1.29, 1.82) is 0 Å². The molecule has 0 N–H and O–H groups in total. The number of rotatable bonds is 2. The molecule has 3 nitrogen and oxygen atoms in total. The Morgan fingerprint density at radius 3 is 2.42 bits per heavy atom. The number of carbonyl (C=O) groups is 2. The van der Waals surface area contributed by atoms with Crippen LogP contribution in [-0.2, 0) is 9.59 Å². The van der Waals surface area contributed by atoms with Gasteiger partial charge in [-0.15, -0.1) is 11.6 Å². The third-order valence-electron chi connectivity index (χ3n) is 2.03. The minimum atomic E-state index is -0.525. The van der Waals surface area contributed by atoms with Crippen molar-refractivity contribution in [1.82, 2.24) is 4.90 Å². The summed E-state index contributed by atoms with van der Waals surface area (Å²) in [5.74, 6) is 0.104. The molecule has 0 aromatic carbocycles. The van der Waals surface area contributed by atoms with Gasteiger partial charge in [-0.3, -0.25) is 14.5 Å². The number of halogens is 1. The van der Waals surface area contributed by atoms with Crippen LogP contribution in [0.3, 0.4) is 0 Å². The molecule has 4 heteroatoms. The summed E-state index contributed by atoms with van der Waals surface area (Å²) in [5, 5.41) is 0. The van der Waals surface area contributed by atoms with E-state index in [2.05, 4.69) is 0 Å². The number of nitrogens with zero attached hydrogens (tertiary/aromatic N) is 1. The van der Waals surface area contributed by atoms with Crippen LogP contribution < -0.4 is 0 Å². The van der Waals surface area contributed by atoms with E-state index in [4.69, 9.17) is 11.6 Å². The molecule has 0 spiro atoms. The maximum atomic E-state index is 11.5. The third-order valence-corrected chi connectivity index (χ3v) is 2.20. The Hall–Kier alpha value is -0.570. The van der Waals surface area contributed by atoms with E-state index in [-0.39, 0.29) is 11.8 Å². The molecule has 1 heterocycles. The van der Waals surface area contributed by atoms with E-state index < -0.39 is 5.41 Å². The molecule has 0 aromatic heterocycles. The summed E-state index contributed by atoms with van der Waals surface area (Å²) >= 11 is 5.46. The van der Waals surface area contributed by atoms with Crippen LogP contribution in [0.15, 0.2) is 0 Å². The second-order valence-corrected chi connectivity index (χ2v) is 3.98. The quantitative estimate of drug-likeness (QED) is 0.480. The molecule has 68 valence electrons. The van der Waals surface area contributed by atoms with Crippen LogP contribution in [0.1, 0.15) is 20.3 Å². The van der Waals surface area contributed by atoms with Crippen molar-refractivity contribution in [2.75, 3.05) is 12.4 Å². The highest BCUT2D eigenvalue weighted by molar-refractivity contribution is 6.18. The van der Waals surface area contributed by atoms with Crippen molar-refractivity contribution >= 4 is 23.4 Å². The van der Waals surface area contributed by atoms with Gasteiger partial charge in [0, 0.05) is 18.8 Å². The van der Waals surface area contributed by atoms with Crippen molar-refractivity contribution in [2.45, 2.75) is 20.3 Å². The zero-order chi connectivity index (χ0) is 9.35. The number of alkyl halides is 1. The monoisotopic (exact) mass is 189 g/mol. The van der Waals surface area contributed by atoms with E-state index in [1.807, 2.05) is 0 Å². The lowest BCUT2D eigenvalue weighted by Crippen LogP contribution is -2.34. The molecule has 1 aliphatic heterocycles. The van der Waals surface area contributed by atoms with Crippen LogP contribution in [-0.4, -0.2) is 29.1 Å². The molecule has 0 saturated carbocycles. The minimum Gasteiger partial charge on any atom is -0.281 e. The number of amides is 2. The molecule has 0 bridgehead atoms. The van der Waals surface area contributed by atoms with Crippen molar-refractivity contribution in [3.8, 4) is 0 Å². The number of carbonyl (C=O) groups excluding carboxylic acids is 2. The van der Waals surface area contributed by atoms with Crippen molar-refractivity contribution in [2.24, 2.45) is 5.41 Å². The molecule has 0 atom stereocenters. The van der Waals surface area contributed by atoms with Gasteiger partial charge in [0.1, 0.15) is 0 Å². The molecular weight excluding hydrogens is 178 g/mol. The maximum Gasteiger partial charge on any atom is 0.235 e. The second kappa shape index (κ2) is 3.05. The highest BCUT2D eigenvalue weighted by atomic mass is 35.5. The van der Waals surface area contributed by atoms with Gasteiger partial charge in [0.2, 0.25) is 11.8 Å². The van der Waals surface area contributed by atoms with Crippen LogP contribution in [0.25, 0.3) is 0 Å². The minimum absolute atomic E-state index is 0.104. The Labute approximate surface area is 76.7 Å². The average Bonchev–Trinajstić information content (AvgIpc) is 2.13. The summed E-state index contributed by atoms with van der Waals surface area (Å²) in [6.07, 6.45) is 0.308. The topological polar surface area (TPSA) is 37.4 Å². The van der Waals surface area contributed by atoms with E-state index in [0.717, 1.165) is 0 Å². The number of hydrogen-bond acceptors (Lipinski definition) is 2. The van der Waals surface area contributed by atoms with Gasteiger partial charge < -0.3 is 0 Å². The lowest BCUT2D eigenvalue weighted by Gasteiger charge is -2.16. The van der Waals surface area contributed by atoms with Crippen molar-refractivity contribution in [3.05, 3.63) is 0 Å². The molecule has 0 aliphatic carbocycles. The summed E-state index contributed by atoms with van der Waals surface area (Å²) in [6.45, 7) is 3.89. The first kappa shape index (κ1) is 9.52. The van der Waals surface area contributed by atoms with Gasteiger partial charge in [-0.2, -0.15) is 0 Å². The first-order valence-electron chi connectivity index (χ1n) is 3.90. The third kappa shape index (κ3) is 1.46. The zero-order valence-electron chi connectivity index (χ0n) is 7.26. The van der Waals surface area contributed by atoms with Gasteiger partial charge >= 0.3 is 0 Å². The molecule has 1 rings (SSSR count). The summed E-state index contributed by atoms with van der Waals surface area (Å²) in [4.78, 5) is 24.0. The second-order valence-electron chi connectivity index (χ2n) is 3.60. The van der Waals surface area contributed by atoms with Gasteiger partial charge in [0.25, 0.3) is 0 Å². The highest BCUT2D eigenvalue weighted by Gasteiger charge is 2.44. The first-order chi connectivity index (χ1) is 5.49. The molecule has 0 unspecified atom stereocenters. The number of hydrogen-bond donors (Lipinski definition) is 0. The molecule has 1 aliphatic rings. The molecule has 1 fully saturated rings. The lowest BCUT2D eigenvalue weighted by atomic mass is 9.92. The van der Waals surface area contributed by atoms with E-state index in [1.54, 1.807) is 13.8 Å². The van der Waals surface area contributed by atoms with Gasteiger partial charge in [-0.1, -0.05) is 13.8 Å². The van der Waals surface area contributed by atoms with Gasteiger partial charge in [-0.25, -0.2) is 0 Å². The Bertz CT molecular complexity index is 225. The lowest BCUT2D eigenvalue weighted by molar-refractivity contribution is -0.140. The fraction of sp³-hybridized carbons (Fsp3) is 0.750. The van der Waals surface area contributed by atoms with Gasteiger partial charge in [0.05, 0.1) is 5.41 Å². The van der Waals surface area contributed by atoms with Crippen LogP contribution in [0, 0.1) is 5.41 Å². The Balaban J connectivity index is 2.78. The smallest absolute Gasteiger partial charge is 0.235 e. The molecule has 1 saturated heterocycles. The highest BCUT2D eigenvalue weighted by Crippen LogP contribution is 2.31. The fourth-order valence-electron chi connectivity index (χ4n) is 1.34. The van der Waals surface area contributed by atoms with E-state index in [9.17, 15) is 9.59 Å². The zero-order valence-corrected chi connectivity index (χ0v) is 8.02. The predicted molar refractivity (Wildman–Crippen MR) is 45.8 cm³/mol. The first-order valence-corrected chi connectivity index (χ1v) is 4.43. The normalized spacial score (nSPS) is 22.1. The van der Waals surface area contributed by atoms with Crippen LogP contribution in [0.5, 0.6) is 0 Å². The van der Waals surface area contributed by atoms with Gasteiger partial charge in [-0.05, 0) is 0 Å². The Kier molecular flexibility index (Phi) is 2.42. The average molecular weight is 190 g/mol. The number of imide groups is 1. The predicted octanol–water partition coefficient (Wildman–Crippen LogP) is 1.01. The van der Waals surface area contributed by atoms with Gasteiger partial charge in [0.15, 0.2) is 0 Å². The summed E-state index contributed by atoms with van der Waals surface area (Å²) in [5.41, 5.74) is -0.525. The summed E-state index contributed by atoms with van der Waals surface area (Å²) < 4.78 is 0. The van der Waals surface area contributed by atoms with E-state index >= 15 is 0 Å². The molecule has 2 amide bonds. The molecule has 0 radical (unpaired) electrons. The van der Waals surface area contributed by atoms with Crippen molar-refractivity contribution < 1.29 is 9.59 Å². The summed E-state index contributed by atoms with van der Waals surface area (Å²) in [6, 6.07) is 0. The largest absolute Gasteiger partial charge is 0.281 e. The summed E-state index contributed by atoms with van der Waals surface area (Å²) in [7, 11) is 0. The van der Waals surface area contributed by atoms with Crippen LogP contribution in [0.4, 0.5) is 0 Å².